The van der Waals surface area contributed by atoms with Crippen LogP contribution in [0.25, 0.3) is 0 Å². The Morgan fingerprint density at radius 1 is 1.10 bits per heavy atom. The van der Waals surface area contributed by atoms with Crippen LogP contribution in [0.2, 0.25) is 0 Å². The first-order valence-electron chi connectivity index (χ1n) is 9.18. The van der Waals surface area contributed by atoms with Gasteiger partial charge in [-0.2, -0.15) is 15.0 Å². The number of amides is 2. The maximum atomic E-state index is 13.1. The van der Waals surface area contributed by atoms with Gasteiger partial charge in [-0.05, 0) is 24.3 Å². The maximum Gasteiger partial charge on any atom is 0.229 e. The number of carbonyl (C=O) groups is 2. The van der Waals surface area contributed by atoms with E-state index in [0.717, 1.165) is 0 Å². The Morgan fingerprint density at radius 3 is 2.24 bits per heavy atom. The lowest BCUT2D eigenvalue weighted by molar-refractivity contribution is -0.126. The van der Waals surface area contributed by atoms with E-state index in [-0.39, 0.29) is 37.1 Å². The second kappa shape index (κ2) is 8.38. The quantitative estimate of drug-likeness (QED) is 0.765. The molecule has 1 aliphatic rings. The van der Waals surface area contributed by atoms with Gasteiger partial charge in [-0.3, -0.25) is 9.59 Å². The predicted octanol–water partition coefficient (Wildman–Crippen LogP) is 0.812. The number of benzene rings is 1. The summed E-state index contributed by atoms with van der Waals surface area (Å²) < 4.78 is 13.1. The molecule has 2 aromatic rings. The SMILES string of the molecule is CN(C)c1nc(CNC(=O)C2CC(=O)N(c3ccc(F)cc3)C2)nc(N(C)C)n1. The zero-order valence-corrected chi connectivity index (χ0v) is 16.9. The molecule has 0 radical (unpaired) electrons. The average Bonchev–Trinajstić information content (AvgIpc) is 3.08. The van der Waals surface area contributed by atoms with Crippen molar-refractivity contribution in [1.29, 1.82) is 0 Å². The first kappa shape index (κ1) is 20.4. The summed E-state index contributed by atoms with van der Waals surface area (Å²) in [6, 6.07) is 5.65. The third-order valence-corrected chi connectivity index (χ3v) is 4.51. The van der Waals surface area contributed by atoms with Crippen molar-refractivity contribution in [2.45, 2.75) is 13.0 Å². The van der Waals surface area contributed by atoms with Gasteiger partial charge in [0.1, 0.15) is 5.82 Å². The van der Waals surface area contributed by atoms with Gasteiger partial charge in [0.05, 0.1) is 12.5 Å². The van der Waals surface area contributed by atoms with Crippen LogP contribution in [-0.4, -0.2) is 61.5 Å². The number of rotatable bonds is 6. The van der Waals surface area contributed by atoms with E-state index in [1.807, 2.05) is 28.2 Å². The van der Waals surface area contributed by atoms with Gasteiger partial charge in [-0.15, -0.1) is 0 Å². The number of halogens is 1. The lowest BCUT2D eigenvalue weighted by Gasteiger charge is -2.17. The number of nitrogens with one attached hydrogen (secondary N) is 1. The van der Waals surface area contributed by atoms with Crippen LogP contribution >= 0.6 is 0 Å². The fraction of sp³-hybridized carbons (Fsp3) is 0.421. The Kier molecular flexibility index (Phi) is 5.90. The number of hydrogen-bond acceptors (Lipinski definition) is 7. The lowest BCUT2D eigenvalue weighted by atomic mass is 10.1. The van der Waals surface area contributed by atoms with Crippen molar-refractivity contribution < 1.29 is 14.0 Å². The fourth-order valence-corrected chi connectivity index (χ4v) is 2.94. The minimum Gasteiger partial charge on any atom is -0.348 e. The molecule has 9 nitrogen and oxygen atoms in total. The number of hydrogen-bond donors (Lipinski definition) is 1. The molecule has 1 N–H and O–H groups in total. The normalized spacial score (nSPS) is 16.1. The first-order valence-corrected chi connectivity index (χ1v) is 9.18. The highest BCUT2D eigenvalue weighted by molar-refractivity contribution is 6.00. The van der Waals surface area contributed by atoms with Crippen LogP contribution in [0.15, 0.2) is 24.3 Å². The molecule has 0 spiro atoms. The van der Waals surface area contributed by atoms with Gasteiger partial charge in [0.25, 0.3) is 0 Å². The maximum absolute atomic E-state index is 13.1. The van der Waals surface area contributed by atoms with E-state index >= 15 is 0 Å². The van der Waals surface area contributed by atoms with Crippen molar-refractivity contribution in [1.82, 2.24) is 20.3 Å². The smallest absolute Gasteiger partial charge is 0.229 e. The zero-order valence-electron chi connectivity index (χ0n) is 16.9. The molecule has 154 valence electrons. The van der Waals surface area contributed by atoms with Crippen molar-refractivity contribution >= 4 is 29.4 Å². The van der Waals surface area contributed by atoms with E-state index in [2.05, 4.69) is 20.3 Å². The molecular weight excluding hydrogens is 377 g/mol. The molecule has 10 heteroatoms. The molecule has 1 aliphatic heterocycles. The summed E-state index contributed by atoms with van der Waals surface area (Å²) >= 11 is 0. The van der Waals surface area contributed by atoms with Crippen molar-refractivity contribution in [3.8, 4) is 0 Å². The number of nitrogens with zero attached hydrogens (tertiary/aromatic N) is 6. The van der Waals surface area contributed by atoms with Crippen LogP contribution in [-0.2, 0) is 16.1 Å². The monoisotopic (exact) mass is 401 g/mol. The molecule has 1 aromatic heterocycles. The Balaban J connectivity index is 1.65. The highest BCUT2D eigenvalue weighted by Crippen LogP contribution is 2.25. The van der Waals surface area contributed by atoms with E-state index < -0.39 is 5.92 Å². The van der Waals surface area contributed by atoms with E-state index in [0.29, 0.717) is 23.4 Å². The van der Waals surface area contributed by atoms with E-state index in [9.17, 15) is 14.0 Å². The van der Waals surface area contributed by atoms with Gasteiger partial charge in [0.2, 0.25) is 23.7 Å². The van der Waals surface area contributed by atoms with Crippen LogP contribution in [0.4, 0.5) is 22.0 Å². The van der Waals surface area contributed by atoms with Gasteiger partial charge >= 0.3 is 0 Å². The molecule has 1 unspecified atom stereocenters. The summed E-state index contributed by atoms with van der Waals surface area (Å²) in [7, 11) is 7.30. The van der Waals surface area contributed by atoms with Crippen LogP contribution in [0.5, 0.6) is 0 Å². The molecule has 1 aromatic carbocycles. The minimum atomic E-state index is -0.490. The molecule has 2 heterocycles. The summed E-state index contributed by atoms with van der Waals surface area (Å²) in [5, 5.41) is 2.81. The third-order valence-electron chi connectivity index (χ3n) is 4.51. The fourth-order valence-electron chi connectivity index (χ4n) is 2.94. The highest BCUT2D eigenvalue weighted by Gasteiger charge is 2.35. The predicted molar refractivity (Wildman–Crippen MR) is 107 cm³/mol. The van der Waals surface area contributed by atoms with E-state index in [1.54, 1.807) is 9.80 Å². The standard InChI is InChI=1S/C19H24FN7O2/c1-25(2)18-22-15(23-19(24-18)26(3)4)10-21-17(29)12-9-16(28)27(11-12)14-7-5-13(20)6-8-14/h5-8,12H,9-11H2,1-4H3,(H,21,29). The summed E-state index contributed by atoms with van der Waals surface area (Å²) in [4.78, 5) is 42.9. The Hall–Kier alpha value is -3.30. The van der Waals surface area contributed by atoms with E-state index in [4.69, 9.17) is 0 Å². The third kappa shape index (κ3) is 4.76. The van der Waals surface area contributed by atoms with E-state index in [1.165, 1.54) is 29.2 Å². The number of carbonyl (C=O) groups excluding carboxylic acids is 2. The molecule has 2 amide bonds. The van der Waals surface area contributed by atoms with Crippen LogP contribution in [0.1, 0.15) is 12.2 Å². The summed E-state index contributed by atoms with van der Waals surface area (Å²) in [5.74, 6) is 0.138. The van der Waals surface area contributed by atoms with Gasteiger partial charge in [-0.1, -0.05) is 0 Å². The first-order chi connectivity index (χ1) is 13.7. The van der Waals surface area contributed by atoms with Gasteiger partial charge in [-0.25, -0.2) is 4.39 Å². The Bertz CT molecular complexity index is 876. The number of aromatic nitrogens is 3. The molecule has 3 rings (SSSR count). The van der Waals surface area contributed by atoms with Crippen molar-refractivity contribution in [3.05, 3.63) is 35.9 Å². The molecular formula is C19H24FN7O2. The molecule has 1 atom stereocenters. The molecule has 0 bridgehead atoms. The summed E-state index contributed by atoms with van der Waals surface area (Å²) in [6.45, 7) is 0.379. The average molecular weight is 401 g/mol. The van der Waals surface area contributed by atoms with Crippen LogP contribution in [0.3, 0.4) is 0 Å². The molecule has 1 saturated heterocycles. The second-order valence-electron chi connectivity index (χ2n) is 7.24. The highest BCUT2D eigenvalue weighted by atomic mass is 19.1. The van der Waals surface area contributed by atoms with Crippen LogP contribution < -0.4 is 20.0 Å². The van der Waals surface area contributed by atoms with Crippen molar-refractivity contribution in [3.63, 3.8) is 0 Å². The molecule has 0 saturated carbocycles. The topological polar surface area (TPSA) is 94.6 Å². The van der Waals surface area contributed by atoms with Crippen molar-refractivity contribution in [2.75, 3.05) is 49.4 Å². The number of anilines is 3. The molecule has 1 fully saturated rings. The Labute approximate surface area is 168 Å². The lowest BCUT2D eigenvalue weighted by Crippen LogP contribution is -2.33. The van der Waals surface area contributed by atoms with Gasteiger partial charge in [0.15, 0.2) is 5.82 Å². The molecule has 0 aliphatic carbocycles. The molecule has 29 heavy (non-hydrogen) atoms. The Morgan fingerprint density at radius 2 is 1.69 bits per heavy atom. The van der Waals surface area contributed by atoms with Gasteiger partial charge in [0, 0.05) is 46.8 Å². The van der Waals surface area contributed by atoms with Gasteiger partial charge < -0.3 is 20.0 Å². The largest absolute Gasteiger partial charge is 0.348 e. The van der Waals surface area contributed by atoms with Crippen LogP contribution in [0, 0.1) is 11.7 Å². The minimum absolute atomic E-state index is 0.103. The summed E-state index contributed by atoms with van der Waals surface area (Å²) in [5.41, 5.74) is 0.579. The second-order valence-corrected chi connectivity index (χ2v) is 7.24. The summed E-state index contributed by atoms with van der Waals surface area (Å²) in [6.07, 6.45) is 0.103. The zero-order chi connectivity index (χ0) is 21.1. The van der Waals surface area contributed by atoms with Crippen molar-refractivity contribution in [2.24, 2.45) is 5.92 Å².